The van der Waals surface area contributed by atoms with E-state index in [0.717, 1.165) is 0 Å². The predicted octanol–water partition coefficient (Wildman–Crippen LogP) is 3.88. The Morgan fingerprint density at radius 2 is 1.95 bits per heavy atom. The van der Waals surface area contributed by atoms with Crippen LogP contribution in [0, 0.1) is 12.7 Å². The van der Waals surface area contributed by atoms with Gasteiger partial charge in [-0.3, -0.25) is 0 Å². The lowest BCUT2D eigenvalue weighted by atomic mass is 9.97. The molecule has 0 amide bonds. The van der Waals surface area contributed by atoms with E-state index in [1.807, 2.05) is 0 Å². The Hall–Kier alpha value is -1.58. The monoisotopic (exact) mass is 280 g/mol. The van der Waals surface area contributed by atoms with E-state index in [2.05, 4.69) is 0 Å². The largest absolute Gasteiger partial charge is 0.495 e. The van der Waals surface area contributed by atoms with E-state index in [1.165, 1.54) is 19.2 Å². The first-order chi connectivity index (χ1) is 9.02. The topological polar surface area (TPSA) is 29.5 Å². The van der Waals surface area contributed by atoms with Crippen molar-refractivity contribution in [2.45, 2.75) is 13.0 Å². The van der Waals surface area contributed by atoms with Crippen molar-refractivity contribution in [3.63, 3.8) is 0 Å². The average Bonchev–Trinajstić information content (AvgIpc) is 2.38. The molecule has 4 heteroatoms. The summed E-state index contributed by atoms with van der Waals surface area (Å²) >= 11 is 5.94. The van der Waals surface area contributed by atoms with Crippen LogP contribution in [0.3, 0.4) is 0 Å². The van der Waals surface area contributed by atoms with E-state index in [-0.39, 0.29) is 5.82 Å². The summed E-state index contributed by atoms with van der Waals surface area (Å²) in [5, 5.41) is 10.8. The number of ether oxygens (including phenoxy) is 1. The highest BCUT2D eigenvalue weighted by Crippen LogP contribution is 2.31. The molecule has 1 atom stereocenters. The minimum absolute atomic E-state index is 0.317. The Balaban J connectivity index is 2.40. The van der Waals surface area contributed by atoms with Crippen molar-refractivity contribution >= 4 is 11.6 Å². The molecule has 19 heavy (non-hydrogen) atoms. The first-order valence-corrected chi connectivity index (χ1v) is 6.18. The van der Waals surface area contributed by atoms with Crippen LogP contribution in [0.1, 0.15) is 22.8 Å². The fourth-order valence-corrected chi connectivity index (χ4v) is 2.17. The second-order valence-corrected chi connectivity index (χ2v) is 4.70. The molecule has 100 valence electrons. The van der Waals surface area contributed by atoms with Crippen molar-refractivity contribution in [2.75, 3.05) is 7.11 Å². The van der Waals surface area contributed by atoms with Gasteiger partial charge < -0.3 is 9.84 Å². The molecular weight excluding hydrogens is 267 g/mol. The van der Waals surface area contributed by atoms with Crippen LogP contribution in [0.5, 0.6) is 5.75 Å². The number of hydrogen-bond acceptors (Lipinski definition) is 2. The minimum atomic E-state index is -0.841. The van der Waals surface area contributed by atoms with Crippen molar-refractivity contribution < 1.29 is 14.2 Å². The Kier molecular flexibility index (Phi) is 4.08. The summed E-state index contributed by atoms with van der Waals surface area (Å²) in [5.41, 5.74) is 2.00. The molecule has 0 saturated carbocycles. The molecule has 2 aromatic rings. The van der Waals surface area contributed by atoms with E-state index in [0.29, 0.717) is 27.5 Å². The van der Waals surface area contributed by atoms with Gasteiger partial charge in [-0.05, 0) is 47.9 Å². The molecule has 0 aliphatic heterocycles. The summed E-state index contributed by atoms with van der Waals surface area (Å²) in [5.74, 6) is 0.181. The number of aliphatic hydroxyl groups is 1. The molecule has 0 bridgehead atoms. The summed E-state index contributed by atoms with van der Waals surface area (Å²) in [7, 11) is 1.51. The summed E-state index contributed by atoms with van der Waals surface area (Å²) < 4.78 is 18.2. The van der Waals surface area contributed by atoms with E-state index in [9.17, 15) is 9.50 Å². The van der Waals surface area contributed by atoms with Crippen molar-refractivity contribution in [2.24, 2.45) is 0 Å². The molecule has 0 aliphatic carbocycles. The summed E-state index contributed by atoms with van der Waals surface area (Å²) in [6.07, 6.45) is -0.841. The summed E-state index contributed by atoms with van der Waals surface area (Å²) in [4.78, 5) is 0. The zero-order valence-corrected chi connectivity index (χ0v) is 11.4. The zero-order chi connectivity index (χ0) is 14.0. The maximum Gasteiger partial charge on any atom is 0.137 e. The standard InChI is InChI=1S/C15H14ClFO2/c1-9-7-11(17)4-5-12(9)15(18)10-3-6-13(16)14(8-10)19-2/h3-8,15,18H,1-2H3. The van der Waals surface area contributed by atoms with E-state index in [1.54, 1.807) is 31.2 Å². The second-order valence-electron chi connectivity index (χ2n) is 4.30. The molecular formula is C15H14ClFO2. The van der Waals surface area contributed by atoms with E-state index >= 15 is 0 Å². The molecule has 0 spiro atoms. The Bertz CT molecular complexity index is 599. The Morgan fingerprint density at radius 1 is 1.21 bits per heavy atom. The van der Waals surface area contributed by atoms with Gasteiger partial charge in [-0.2, -0.15) is 0 Å². The van der Waals surface area contributed by atoms with Gasteiger partial charge in [0.2, 0.25) is 0 Å². The number of methoxy groups -OCH3 is 1. The molecule has 0 aromatic heterocycles. The lowest BCUT2D eigenvalue weighted by molar-refractivity contribution is 0.219. The van der Waals surface area contributed by atoms with Crippen LogP contribution < -0.4 is 4.74 Å². The van der Waals surface area contributed by atoms with Gasteiger partial charge >= 0.3 is 0 Å². The number of rotatable bonds is 3. The molecule has 0 heterocycles. The third-order valence-corrected chi connectivity index (χ3v) is 3.33. The third-order valence-electron chi connectivity index (χ3n) is 3.02. The number of halogens is 2. The molecule has 0 saturated heterocycles. The normalized spacial score (nSPS) is 12.3. The van der Waals surface area contributed by atoms with Crippen LogP contribution in [-0.4, -0.2) is 12.2 Å². The van der Waals surface area contributed by atoms with Crippen molar-refractivity contribution in [3.05, 3.63) is 63.9 Å². The maximum absolute atomic E-state index is 13.1. The van der Waals surface area contributed by atoms with Gasteiger partial charge in [0, 0.05) is 0 Å². The van der Waals surface area contributed by atoms with Gasteiger partial charge in [0.1, 0.15) is 17.7 Å². The maximum atomic E-state index is 13.1. The molecule has 1 N–H and O–H groups in total. The molecule has 0 radical (unpaired) electrons. The lowest BCUT2D eigenvalue weighted by Gasteiger charge is -2.15. The number of aryl methyl sites for hydroxylation is 1. The van der Waals surface area contributed by atoms with Crippen LogP contribution in [0.4, 0.5) is 4.39 Å². The van der Waals surface area contributed by atoms with Gasteiger partial charge in [-0.1, -0.05) is 23.7 Å². The molecule has 1 unspecified atom stereocenters. The highest BCUT2D eigenvalue weighted by molar-refractivity contribution is 6.32. The number of aliphatic hydroxyl groups excluding tert-OH is 1. The van der Waals surface area contributed by atoms with Crippen LogP contribution >= 0.6 is 11.6 Å². The highest BCUT2D eigenvalue weighted by atomic mass is 35.5. The smallest absolute Gasteiger partial charge is 0.137 e. The summed E-state index contributed by atoms with van der Waals surface area (Å²) in [6.45, 7) is 1.76. The number of benzene rings is 2. The third kappa shape index (κ3) is 2.88. The van der Waals surface area contributed by atoms with Crippen molar-refractivity contribution in [3.8, 4) is 5.75 Å². The van der Waals surface area contributed by atoms with Crippen molar-refractivity contribution in [1.29, 1.82) is 0 Å². The first-order valence-electron chi connectivity index (χ1n) is 5.80. The van der Waals surface area contributed by atoms with Crippen LogP contribution in [0.2, 0.25) is 5.02 Å². The Morgan fingerprint density at radius 3 is 2.58 bits per heavy atom. The zero-order valence-electron chi connectivity index (χ0n) is 10.7. The minimum Gasteiger partial charge on any atom is -0.495 e. The Labute approximate surface area is 116 Å². The molecule has 2 rings (SSSR count). The fraction of sp³-hybridized carbons (Fsp3) is 0.200. The van der Waals surface area contributed by atoms with E-state index < -0.39 is 6.10 Å². The first kappa shape index (κ1) is 13.8. The second kappa shape index (κ2) is 5.59. The van der Waals surface area contributed by atoms with Gasteiger partial charge in [0.15, 0.2) is 0 Å². The quantitative estimate of drug-likeness (QED) is 0.924. The SMILES string of the molecule is COc1cc(C(O)c2ccc(F)cc2C)ccc1Cl. The summed E-state index contributed by atoms with van der Waals surface area (Å²) in [6, 6.07) is 9.37. The molecule has 2 aromatic carbocycles. The molecule has 2 nitrogen and oxygen atoms in total. The average molecular weight is 281 g/mol. The predicted molar refractivity (Wildman–Crippen MR) is 73.2 cm³/mol. The number of hydrogen-bond donors (Lipinski definition) is 1. The van der Waals surface area contributed by atoms with Gasteiger partial charge in [0.05, 0.1) is 12.1 Å². The van der Waals surface area contributed by atoms with E-state index in [4.69, 9.17) is 16.3 Å². The van der Waals surface area contributed by atoms with Gasteiger partial charge in [-0.15, -0.1) is 0 Å². The van der Waals surface area contributed by atoms with Gasteiger partial charge in [-0.25, -0.2) is 4.39 Å². The molecule has 0 aliphatic rings. The van der Waals surface area contributed by atoms with Crippen LogP contribution in [0.15, 0.2) is 36.4 Å². The fourth-order valence-electron chi connectivity index (χ4n) is 1.97. The van der Waals surface area contributed by atoms with Crippen molar-refractivity contribution in [1.82, 2.24) is 0 Å². The lowest BCUT2D eigenvalue weighted by Crippen LogP contribution is -2.03. The van der Waals surface area contributed by atoms with Crippen LogP contribution in [0.25, 0.3) is 0 Å². The molecule has 0 fully saturated rings. The highest BCUT2D eigenvalue weighted by Gasteiger charge is 2.15. The van der Waals surface area contributed by atoms with Crippen LogP contribution in [-0.2, 0) is 0 Å². The van der Waals surface area contributed by atoms with Gasteiger partial charge in [0.25, 0.3) is 0 Å².